The molecule has 4 heterocycles. The number of carbonyl (C=O) groups excluding carboxylic acids is 1. The Morgan fingerprint density at radius 2 is 1.78 bits per heavy atom. The van der Waals surface area contributed by atoms with Crippen LogP contribution >= 0.6 is 0 Å². The van der Waals surface area contributed by atoms with E-state index in [1.807, 2.05) is 4.90 Å². The van der Waals surface area contributed by atoms with Crippen molar-refractivity contribution in [1.82, 2.24) is 20.0 Å². The molecule has 9 heteroatoms. The number of hydrogen-bond acceptors (Lipinski definition) is 6. The van der Waals surface area contributed by atoms with E-state index in [1.54, 1.807) is 6.20 Å². The summed E-state index contributed by atoms with van der Waals surface area (Å²) in [4.78, 5) is 32.3. The average molecular weight is 375 g/mol. The molecule has 2 aliphatic heterocycles. The summed E-state index contributed by atoms with van der Waals surface area (Å²) in [7, 11) is 0. The first-order valence-electron chi connectivity index (χ1n) is 8.91. The van der Waals surface area contributed by atoms with Crippen molar-refractivity contribution in [2.24, 2.45) is 5.92 Å². The number of piperidine rings is 1. The molecule has 0 saturated carbocycles. The minimum absolute atomic E-state index is 0.0959. The lowest BCUT2D eigenvalue weighted by atomic mass is 9.95. The number of carbonyl (C=O) groups is 1. The Balaban J connectivity index is 1.40. The van der Waals surface area contributed by atoms with Crippen LogP contribution in [0.2, 0.25) is 0 Å². The molecular weight excluding hydrogens is 356 g/mol. The Bertz CT molecular complexity index is 812. The third kappa shape index (κ3) is 3.73. The van der Waals surface area contributed by atoms with E-state index < -0.39 is 11.6 Å². The molecule has 4 rings (SSSR count). The fourth-order valence-corrected chi connectivity index (χ4v) is 3.57. The lowest BCUT2D eigenvalue weighted by Crippen LogP contribution is -2.42. The van der Waals surface area contributed by atoms with Gasteiger partial charge in [-0.05, 0) is 24.5 Å². The molecule has 0 radical (unpaired) electrons. The van der Waals surface area contributed by atoms with Gasteiger partial charge in [0.25, 0.3) is 0 Å². The van der Waals surface area contributed by atoms with Crippen molar-refractivity contribution >= 4 is 11.9 Å². The maximum absolute atomic E-state index is 13.5. The zero-order chi connectivity index (χ0) is 18.8. The summed E-state index contributed by atoms with van der Waals surface area (Å²) in [6.07, 6.45) is 6.82. The third-order valence-corrected chi connectivity index (χ3v) is 4.97. The lowest BCUT2D eigenvalue weighted by molar-refractivity contribution is -0.182. The van der Waals surface area contributed by atoms with Gasteiger partial charge in [-0.3, -0.25) is 14.6 Å². The molecule has 2 aliphatic rings. The van der Waals surface area contributed by atoms with Crippen molar-refractivity contribution in [1.29, 1.82) is 0 Å². The molecule has 1 amide bonds. The number of aromatic nitrogens is 3. The summed E-state index contributed by atoms with van der Waals surface area (Å²) in [5, 5.41) is 1.38. The van der Waals surface area contributed by atoms with E-state index >= 15 is 0 Å². The highest BCUT2D eigenvalue weighted by Gasteiger charge is 2.37. The Morgan fingerprint density at radius 3 is 2.48 bits per heavy atom. The Kier molecular flexibility index (Phi) is 4.93. The van der Waals surface area contributed by atoms with Crippen molar-refractivity contribution in [3.05, 3.63) is 48.1 Å². The second-order valence-electron chi connectivity index (χ2n) is 6.70. The standard InChI is InChI=1S/C18H19F2N5O2/c19-14-7-13(8-21-9-14)16-3-6-27-25(16)17(26)12-1-4-24(5-2-12)18-22-10-15(20)11-23-18/h7-12,16H,1-6H2/t16-/m0/s1. The molecule has 2 aromatic rings. The van der Waals surface area contributed by atoms with Crippen molar-refractivity contribution in [3.63, 3.8) is 0 Å². The molecule has 1 atom stereocenters. The van der Waals surface area contributed by atoms with Crippen LogP contribution in [0.3, 0.4) is 0 Å². The summed E-state index contributed by atoms with van der Waals surface area (Å²) in [5.74, 6) is -0.735. The highest BCUT2D eigenvalue weighted by molar-refractivity contribution is 5.78. The van der Waals surface area contributed by atoms with E-state index in [2.05, 4.69) is 15.0 Å². The third-order valence-electron chi connectivity index (χ3n) is 4.97. The normalized spacial score (nSPS) is 20.9. The molecule has 0 N–H and O–H groups in total. The quantitative estimate of drug-likeness (QED) is 0.820. The monoisotopic (exact) mass is 375 g/mol. The molecule has 2 saturated heterocycles. The Labute approximate surface area is 155 Å². The zero-order valence-electron chi connectivity index (χ0n) is 14.6. The number of nitrogens with zero attached hydrogens (tertiary/aromatic N) is 5. The van der Waals surface area contributed by atoms with Gasteiger partial charge in [-0.1, -0.05) is 0 Å². The first kappa shape index (κ1) is 17.7. The van der Waals surface area contributed by atoms with E-state index in [4.69, 9.17) is 4.84 Å². The zero-order valence-corrected chi connectivity index (χ0v) is 14.6. The molecular formula is C18H19F2N5O2. The summed E-state index contributed by atoms with van der Waals surface area (Å²) in [5.41, 5.74) is 0.637. The fourth-order valence-electron chi connectivity index (χ4n) is 3.57. The number of anilines is 1. The predicted octanol–water partition coefficient (Wildman–Crippen LogP) is 2.27. The topological polar surface area (TPSA) is 71.5 Å². The maximum atomic E-state index is 13.5. The molecule has 27 heavy (non-hydrogen) atoms. The van der Waals surface area contributed by atoms with Gasteiger partial charge in [-0.15, -0.1) is 0 Å². The smallest absolute Gasteiger partial charge is 0.249 e. The van der Waals surface area contributed by atoms with Gasteiger partial charge >= 0.3 is 0 Å². The lowest BCUT2D eigenvalue weighted by Gasteiger charge is -2.34. The van der Waals surface area contributed by atoms with Gasteiger partial charge in [0, 0.05) is 31.6 Å². The van der Waals surface area contributed by atoms with E-state index in [1.165, 1.54) is 11.1 Å². The largest absolute Gasteiger partial charge is 0.341 e. The highest BCUT2D eigenvalue weighted by atomic mass is 19.1. The highest BCUT2D eigenvalue weighted by Crippen LogP contribution is 2.33. The number of halogens is 2. The summed E-state index contributed by atoms with van der Waals surface area (Å²) in [6, 6.07) is 1.07. The second-order valence-corrected chi connectivity index (χ2v) is 6.70. The molecule has 0 aromatic carbocycles. The maximum Gasteiger partial charge on any atom is 0.249 e. The van der Waals surface area contributed by atoms with Crippen molar-refractivity contribution in [2.45, 2.75) is 25.3 Å². The number of hydrogen-bond donors (Lipinski definition) is 0. The van der Waals surface area contributed by atoms with Gasteiger partial charge in [0.15, 0.2) is 5.82 Å². The SMILES string of the molecule is O=C(C1CCN(c2ncc(F)cn2)CC1)N1OCC[C@H]1c1cncc(F)c1. The first-order chi connectivity index (χ1) is 13.1. The molecule has 0 unspecified atom stereocenters. The van der Waals surface area contributed by atoms with Crippen LogP contribution in [0.1, 0.15) is 30.9 Å². The van der Waals surface area contributed by atoms with E-state index in [9.17, 15) is 13.6 Å². The van der Waals surface area contributed by atoms with E-state index in [0.717, 1.165) is 18.6 Å². The minimum Gasteiger partial charge on any atom is -0.341 e. The van der Waals surface area contributed by atoms with Crippen LogP contribution in [0.15, 0.2) is 30.9 Å². The number of rotatable bonds is 3. The second kappa shape index (κ2) is 7.51. The minimum atomic E-state index is -0.479. The molecule has 2 fully saturated rings. The van der Waals surface area contributed by atoms with Crippen LogP contribution in [0, 0.1) is 17.6 Å². The summed E-state index contributed by atoms with van der Waals surface area (Å²) in [6.45, 7) is 1.61. The van der Waals surface area contributed by atoms with Crippen LogP contribution < -0.4 is 4.90 Å². The number of amides is 1. The molecule has 7 nitrogen and oxygen atoms in total. The van der Waals surface area contributed by atoms with Crippen molar-refractivity contribution in [2.75, 3.05) is 24.6 Å². The van der Waals surface area contributed by atoms with Crippen LogP contribution in [0.25, 0.3) is 0 Å². The van der Waals surface area contributed by atoms with Crippen LogP contribution in [0.5, 0.6) is 0 Å². The van der Waals surface area contributed by atoms with Crippen molar-refractivity contribution in [3.8, 4) is 0 Å². The molecule has 2 aromatic heterocycles. The first-order valence-corrected chi connectivity index (χ1v) is 8.91. The van der Waals surface area contributed by atoms with Gasteiger partial charge in [0.05, 0.1) is 31.2 Å². The van der Waals surface area contributed by atoms with Crippen LogP contribution in [-0.4, -0.2) is 45.6 Å². The van der Waals surface area contributed by atoms with Crippen LogP contribution in [-0.2, 0) is 9.63 Å². The number of hydroxylamine groups is 2. The van der Waals surface area contributed by atoms with E-state index in [0.29, 0.717) is 50.5 Å². The average Bonchev–Trinajstić information content (AvgIpc) is 3.18. The summed E-state index contributed by atoms with van der Waals surface area (Å²) < 4.78 is 26.4. The summed E-state index contributed by atoms with van der Waals surface area (Å²) >= 11 is 0. The van der Waals surface area contributed by atoms with Crippen molar-refractivity contribution < 1.29 is 18.4 Å². The Morgan fingerprint density at radius 1 is 1.04 bits per heavy atom. The molecule has 142 valence electrons. The van der Waals surface area contributed by atoms with Gasteiger partial charge in [0.2, 0.25) is 11.9 Å². The fraction of sp³-hybridized carbons (Fsp3) is 0.444. The molecule has 0 spiro atoms. The van der Waals surface area contributed by atoms with E-state index in [-0.39, 0.29) is 17.9 Å². The van der Waals surface area contributed by atoms with Crippen LogP contribution in [0.4, 0.5) is 14.7 Å². The number of pyridine rings is 1. The van der Waals surface area contributed by atoms with Gasteiger partial charge in [0.1, 0.15) is 5.82 Å². The van der Waals surface area contributed by atoms with Gasteiger partial charge in [-0.2, -0.15) is 0 Å². The Hall–Kier alpha value is -2.68. The molecule has 0 bridgehead atoms. The molecule has 0 aliphatic carbocycles. The van der Waals surface area contributed by atoms with Gasteiger partial charge < -0.3 is 4.90 Å². The predicted molar refractivity (Wildman–Crippen MR) is 91.3 cm³/mol. The van der Waals surface area contributed by atoms with Gasteiger partial charge in [-0.25, -0.2) is 23.8 Å².